The molecule has 0 bridgehead atoms. The molecule has 0 saturated heterocycles. The molecule has 0 aliphatic heterocycles. The minimum absolute atomic E-state index is 0.0212. The first-order chi connectivity index (χ1) is 18.6. The number of carbonyl (C=O) groups excluding carboxylic acids is 1. The van der Waals surface area contributed by atoms with E-state index in [9.17, 15) is 9.90 Å². The van der Waals surface area contributed by atoms with Crippen molar-refractivity contribution in [1.82, 2.24) is 4.98 Å². The van der Waals surface area contributed by atoms with Crippen LogP contribution in [0.15, 0.2) is 114 Å². The van der Waals surface area contributed by atoms with Gasteiger partial charge in [0, 0.05) is 22.4 Å². The molecule has 0 spiro atoms. The van der Waals surface area contributed by atoms with Crippen molar-refractivity contribution in [3.63, 3.8) is 0 Å². The van der Waals surface area contributed by atoms with Crippen LogP contribution in [0.3, 0.4) is 0 Å². The van der Waals surface area contributed by atoms with Gasteiger partial charge in [-0.1, -0.05) is 91.1 Å². The molecular formula is C32H22N2O3S. The Morgan fingerprint density at radius 1 is 0.921 bits per heavy atom. The zero-order chi connectivity index (χ0) is 26.1. The smallest absolute Gasteiger partial charge is 0.258 e. The van der Waals surface area contributed by atoms with Gasteiger partial charge in [0.15, 0.2) is 0 Å². The molecule has 6 rings (SSSR count). The Kier molecular flexibility index (Phi) is 6.15. The van der Waals surface area contributed by atoms with E-state index in [0.29, 0.717) is 23.2 Å². The van der Waals surface area contributed by atoms with E-state index in [1.54, 1.807) is 36.4 Å². The van der Waals surface area contributed by atoms with E-state index in [2.05, 4.69) is 28.5 Å². The maximum Gasteiger partial charge on any atom is 0.258 e. The van der Waals surface area contributed by atoms with Gasteiger partial charge in [-0.3, -0.25) is 10.1 Å². The predicted molar refractivity (Wildman–Crippen MR) is 155 cm³/mol. The summed E-state index contributed by atoms with van der Waals surface area (Å²) < 4.78 is 6.06. The first-order valence-electron chi connectivity index (χ1n) is 12.2. The second-order valence-corrected chi connectivity index (χ2v) is 9.47. The number of nitrogens with one attached hydrogen (secondary N) is 1. The van der Waals surface area contributed by atoms with Gasteiger partial charge in [0.2, 0.25) is 11.8 Å². The number of fused-ring (bicyclic) bond motifs is 1. The number of benzene rings is 4. The van der Waals surface area contributed by atoms with Crippen molar-refractivity contribution in [1.29, 1.82) is 0 Å². The lowest BCUT2D eigenvalue weighted by Crippen LogP contribution is -2.12. The summed E-state index contributed by atoms with van der Waals surface area (Å²) in [6, 6.07) is 28.5. The third kappa shape index (κ3) is 4.53. The molecule has 0 atom stereocenters. The fourth-order valence-corrected chi connectivity index (χ4v) is 4.79. The number of nitrogens with zero attached hydrogens (tertiary/aromatic N) is 1. The Morgan fingerprint density at radius 2 is 1.71 bits per heavy atom. The van der Waals surface area contributed by atoms with Crippen LogP contribution in [-0.2, 0) is 0 Å². The molecule has 1 amide bonds. The molecule has 4 aromatic carbocycles. The molecule has 1 aromatic heterocycles. The fraction of sp³-hybridized carbons (Fsp3) is 0.0312. The fourth-order valence-electron chi connectivity index (χ4n) is 4.57. The first kappa shape index (κ1) is 23.6. The molecular weight excluding hydrogens is 492 g/mol. The minimum atomic E-state index is -0.326. The van der Waals surface area contributed by atoms with Crippen molar-refractivity contribution in [3.8, 4) is 28.3 Å². The Balaban J connectivity index is 1.41. The van der Waals surface area contributed by atoms with Crippen molar-refractivity contribution in [2.24, 2.45) is 0 Å². The highest BCUT2D eigenvalue weighted by Gasteiger charge is 2.22. The van der Waals surface area contributed by atoms with Gasteiger partial charge in [-0.2, -0.15) is 0 Å². The van der Waals surface area contributed by atoms with Crippen LogP contribution >= 0.6 is 12.2 Å². The molecule has 1 heterocycles. The van der Waals surface area contributed by atoms with Gasteiger partial charge in [0.05, 0.1) is 5.56 Å². The number of oxazole rings is 1. The Labute approximate surface area is 224 Å². The minimum Gasteiger partial charge on any atom is -0.507 e. The molecule has 0 radical (unpaired) electrons. The quantitative estimate of drug-likeness (QED) is 0.234. The van der Waals surface area contributed by atoms with Crippen LogP contribution in [0.1, 0.15) is 22.5 Å². The highest BCUT2D eigenvalue weighted by molar-refractivity contribution is 7.80. The zero-order valence-electron chi connectivity index (χ0n) is 20.2. The Bertz CT molecular complexity index is 1760. The van der Waals surface area contributed by atoms with Crippen LogP contribution in [0, 0.1) is 0 Å². The predicted octanol–water partition coefficient (Wildman–Crippen LogP) is 7.83. The standard InChI is InChI=1S/C32H22N2O3S/c35-28-19-22(26-15-7-11-20-8-4-5-14-25(20)26)16-17-27(28)31-33-29(23-12-6-13-24(38)18-23)32(37-31)34-30(36)21-9-2-1-3-10-21/h1-12,14-19,35H,13H2,(H,34,36). The topological polar surface area (TPSA) is 75.4 Å². The molecule has 0 unspecified atom stereocenters. The molecule has 6 heteroatoms. The number of hydrogen-bond acceptors (Lipinski definition) is 5. The van der Waals surface area contributed by atoms with Crippen LogP contribution in [0.2, 0.25) is 0 Å². The van der Waals surface area contributed by atoms with E-state index in [0.717, 1.165) is 32.3 Å². The molecule has 5 aromatic rings. The van der Waals surface area contributed by atoms with Crippen LogP contribution < -0.4 is 5.32 Å². The van der Waals surface area contributed by atoms with E-state index < -0.39 is 0 Å². The summed E-state index contributed by atoms with van der Waals surface area (Å²) in [5.74, 6) is 0.0732. The second kappa shape index (κ2) is 9.92. The average Bonchev–Trinajstić information content (AvgIpc) is 3.36. The third-order valence-corrected chi connectivity index (χ3v) is 6.71. The lowest BCUT2D eigenvalue weighted by atomic mass is 9.97. The maximum absolute atomic E-state index is 12.9. The molecule has 2 N–H and O–H groups in total. The van der Waals surface area contributed by atoms with Gasteiger partial charge in [-0.15, -0.1) is 0 Å². The molecule has 38 heavy (non-hydrogen) atoms. The number of aromatic nitrogens is 1. The van der Waals surface area contributed by atoms with E-state index in [1.165, 1.54) is 0 Å². The third-order valence-electron chi connectivity index (χ3n) is 6.43. The summed E-state index contributed by atoms with van der Waals surface area (Å²) in [4.78, 5) is 18.4. The van der Waals surface area contributed by atoms with Gasteiger partial charge in [-0.25, -0.2) is 4.98 Å². The first-order valence-corrected chi connectivity index (χ1v) is 12.6. The Hall–Kier alpha value is -4.81. The molecule has 5 nitrogen and oxygen atoms in total. The summed E-state index contributed by atoms with van der Waals surface area (Å²) in [6.45, 7) is 0. The van der Waals surface area contributed by atoms with Gasteiger partial charge < -0.3 is 9.52 Å². The number of aromatic hydroxyl groups is 1. The SMILES string of the molecule is O=C(Nc1oc(-c2ccc(-c3cccc4ccccc34)cc2O)nc1C1=CC(=S)CC=C1)c1ccccc1. The lowest BCUT2D eigenvalue weighted by Gasteiger charge is -2.09. The largest absolute Gasteiger partial charge is 0.507 e. The summed E-state index contributed by atoms with van der Waals surface area (Å²) in [5.41, 5.74) is 3.96. The highest BCUT2D eigenvalue weighted by atomic mass is 32.1. The maximum atomic E-state index is 12.9. The number of allylic oxidation sites excluding steroid dienone is 4. The molecule has 184 valence electrons. The van der Waals surface area contributed by atoms with Crippen molar-refractivity contribution < 1.29 is 14.3 Å². The van der Waals surface area contributed by atoms with Crippen molar-refractivity contribution in [3.05, 3.63) is 120 Å². The van der Waals surface area contributed by atoms with Gasteiger partial charge in [-0.05, 0) is 52.2 Å². The van der Waals surface area contributed by atoms with Crippen LogP contribution in [-0.4, -0.2) is 20.9 Å². The number of phenols is 1. The summed E-state index contributed by atoms with van der Waals surface area (Å²) in [6.07, 6.45) is 6.37. The van der Waals surface area contributed by atoms with Gasteiger partial charge >= 0.3 is 0 Å². The van der Waals surface area contributed by atoms with Crippen molar-refractivity contribution >= 4 is 45.2 Å². The second-order valence-electron chi connectivity index (χ2n) is 8.95. The number of rotatable bonds is 5. The van der Waals surface area contributed by atoms with E-state index in [1.807, 2.05) is 54.6 Å². The van der Waals surface area contributed by atoms with E-state index in [4.69, 9.17) is 16.6 Å². The number of hydrogen-bond donors (Lipinski definition) is 2. The van der Waals surface area contributed by atoms with E-state index >= 15 is 0 Å². The van der Waals surface area contributed by atoms with Gasteiger partial charge in [0.1, 0.15) is 11.4 Å². The average molecular weight is 515 g/mol. The molecule has 1 aliphatic rings. The van der Waals surface area contributed by atoms with Gasteiger partial charge in [0.25, 0.3) is 5.91 Å². The summed E-state index contributed by atoms with van der Waals surface area (Å²) in [7, 11) is 0. The summed E-state index contributed by atoms with van der Waals surface area (Å²) >= 11 is 5.39. The monoisotopic (exact) mass is 514 g/mol. The number of anilines is 1. The van der Waals surface area contributed by atoms with E-state index in [-0.39, 0.29) is 23.4 Å². The van der Waals surface area contributed by atoms with Crippen LogP contribution in [0.4, 0.5) is 5.88 Å². The molecule has 1 aliphatic carbocycles. The van der Waals surface area contributed by atoms with Crippen LogP contribution in [0.5, 0.6) is 5.75 Å². The number of thiocarbonyl (C=S) groups is 1. The number of phenolic OH excluding ortho intramolecular Hbond substituents is 1. The summed E-state index contributed by atoms with van der Waals surface area (Å²) in [5, 5.41) is 16.1. The zero-order valence-corrected chi connectivity index (χ0v) is 21.0. The van der Waals surface area contributed by atoms with Crippen molar-refractivity contribution in [2.75, 3.05) is 5.32 Å². The number of carbonyl (C=O) groups is 1. The number of amides is 1. The Morgan fingerprint density at radius 3 is 2.53 bits per heavy atom. The van der Waals surface area contributed by atoms with Crippen molar-refractivity contribution in [2.45, 2.75) is 6.42 Å². The lowest BCUT2D eigenvalue weighted by molar-refractivity contribution is 0.102. The normalized spacial score (nSPS) is 12.9. The highest BCUT2D eigenvalue weighted by Crippen LogP contribution is 2.39. The van der Waals surface area contributed by atoms with Crippen LogP contribution in [0.25, 0.3) is 38.9 Å². The molecule has 0 fully saturated rings. The molecule has 0 saturated carbocycles.